The lowest BCUT2D eigenvalue weighted by molar-refractivity contribution is 0.102. The Labute approximate surface area is 147 Å². The molecule has 2 unspecified atom stereocenters. The minimum atomic E-state index is -0.176. The largest absolute Gasteiger partial charge is 0.448 e. The summed E-state index contributed by atoms with van der Waals surface area (Å²) in [6.07, 6.45) is -0.176. The third-order valence-corrected chi connectivity index (χ3v) is 6.24. The van der Waals surface area contributed by atoms with Crippen LogP contribution in [0.2, 0.25) is 0 Å². The maximum Gasteiger partial charge on any atom is 0.409 e. The van der Waals surface area contributed by atoms with Gasteiger partial charge < -0.3 is 15.4 Å². The molecule has 5 rings (SSSR count). The third-order valence-electron chi connectivity index (χ3n) is 6.24. The molecule has 1 heterocycles. The third kappa shape index (κ3) is 2.28. The second kappa shape index (κ2) is 5.60. The summed E-state index contributed by atoms with van der Waals surface area (Å²) < 4.78 is 5.72. The van der Waals surface area contributed by atoms with E-state index in [0.717, 1.165) is 19.6 Å². The number of benzene rings is 2. The van der Waals surface area contributed by atoms with E-state index in [-0.39, 0.29) is 12.0 Å². The molecule has 2 fully saturated rings. The van der Waals surface area contributed by atoms with Crippen LogP contribution in [0, 0.1) is 17.8 Å². The molecule has 0 radical (unpaired) electrons. The van der Waals surface area contributed by atoms with E-state index >= 15 is 0 Å². The summed E-state index contributed by atoms with van der Waals surface area (Å²) in [6.45, 7) is 2.76. The van der Waals surface area contributed by atoms with Crippen molar-refractivity contribution in [1.82, 2.24) is 4.90 Å². The molecule has 2 aliphatic carbocycles. The number of ether oxygens (including phenoxy) is 1. The predicted octanol–water partition coefficient (Wildman–Crippen LogP) is 3.07. The molecule has 0 bridgehead atoms. The monoisotopic (exact) mass is 334 g/mol. The summed E-state index contributed by atoms with van der Waals surface area (Å²) in [6, 6.07) is 16.8. The lowest BCUT2D eigenvalue weighted by Crippen LogP contribution is -2.33. The number of nitrogens with two attached hydrogens (primary N) is 1. The lowest BCUT2D eigenvalue weighted by atomic mass is 9.98. The SMILES string of the molecule is NCC1C2CN(C(=O)OCC3c4ccccc4-c4ccccc43)CC12. The number of hydrogen-bond donors (Lipinski definition) is 1. The van der Waals surface area contributed by atoms with Gasteiger partial charge in [0.05, 0.1) is 0 Å². The number of fused-ring (bicyclic) bond motifs is 4. The highest BCUT2D eigenvalue weighted by Crippen LogP contribution is 2.51. The summed E-state index contributed by atoms with van der Waals surface area (Å²) in [5, 5.41) is 0. The van der Waals surface area contributed by atoms with Crippen molar-refractivity contribution in [2.45, 2.75) is 5.92 Å². The second-order valence-electron chi connectivity index (χ2n) is 7.44. The average molecular weight is 334 g/mol. The highest BCUT2D eigenvalue weighted by atomic mass is 16.6. The summed E-state index contributed by atoms with van der Waals surface area (Å²) in [5.41, 5.74) is 10.8. The van der Waals surface area contributed by atoms with Crippen LogP contribution in [0.25, 0.3) is 11.1 Å². The van der Waals surface area contributed by atoms with Crippen LogP contribution in [-0.4, -0.2) is 37.2 Å². The van der Waals surface area contributed by atoms with Crippen molar-refractivity contribution in [3.63, 3.8) is 0 Å². The minimum Gasteiger partial charge on any atom is -0.448 e. The van der Waals surface area contributed by atoms with E-state index in [0.29, 0.717) is 24.4 Å². The summed E-state index contributed by atoms with van der Waals surface area (Å²) >= 11 is 0. The Kier molecular flexibility index (Phi) is 3.35. The molecule has 2 aromatic rings. The zero-order chi connectivity index (χ0) is 17.0. The highest BCUT2D eigenvalue weighted by molar-refractivity contribution is 5.79. The molecule has 4 heteroatoms. The first-order valence-electron chi connectivity index (χ1n) is 9.08. The number of hydrogen-bond acceptors (Lipinski definition) is 3. The van der Waals surface area contributed by atoms with Crippen LogP contribution in [0.4, 0.5) is 4.79 Å². The van der Waals surface area contributed by atoms with Crippen LogP contribution in [0.1, 0.15) is 17.0 Å². The average Bonchev–Trinajstić information content (AvgIpc) is 3.00. The first kappa shape index (κ1) is 15.0. The van der Waals surface area contributed by atoms with Gasteiger partial charge in [-0.15, -0.1) is 0 Å². The van der Waals surface area contributed by atoms with Crippen molar-refractivity contribution in [3.8, 4) is 11.1 Å². The Morgan fingerprint density at radius 1 is 1.00 bits per heavy atom. The van der Waals surface area contributed by atoms with Gasteiger partial charge in [0.1, 0.15) is 6.61 Å². The van der Waals surface area contributed by atoms with Crippen LogP contribution in [0.3, 0.4) is 0 Å². The molecule has 2 N–H and O–H groups in total. The van der Waals surface area contributed by atoms with Gasteiger partial charge in [0.2, 0.25) is 0 Å². The number of carbonyl (C=O) groups is 1. The van der Waals surface area contributed by atoms with E-state index in [4.69, 9.17) is 10.5 Å². The quantitative estimate of drug-likeness (QED) is 0.938. The zero-order valence-electron chi connectivity index (χ0n) is 14.1. The Hall–Kier alpha value is -2.33. The molecule has 0 spiro atoms. The molecule has 2 aromatic carbocycles. The van der Waals surface area contributed by atoms with Gasteiger partial charge in [0.15, 0.2) is 0 Å². The second-order valence-corrected chi connectivity index (χ2v) is 7.44. The zero-order valence-corrected chi connectivity index (χ0v) is 14.1. The predicted molar refractivity (Wildman–Crippen MR) is 96.2 cm³/mol. The van der Waals surface area contributed by atoms with Crippen molar-refractivity contribution >= 4 is 6.09 Å². The van der Waals surface area contributed by atoms with Crippen molar-refractivity contribution in [2.75, 3.05) is 26.2 Å². The molecule has 2 atom stereocenters. The van der Waals surface area contributed by atoms with Gasteiger partial charge in [-0.05, 0) is 46.6 Å². The van der Waals surface area contributed by atoms with Gasteiger partial charge >= 0.3 is 6.09 Å². The van der Waals surface area contributed by atoms with Gasteiger partial charge in [0, 0.05) is 19.0 Å². The topological polar surface area (TPSA) is 55.6 Å². The van der Waals surface area contributed by atoms with Gasteiger partial charge in [-0.1, -0.05) is 48.5 Å². The number of carbonyl (C=O) groups excluding carboxylic acids is 1. The van der Waals surface area contributed by atoms with Crippen LogP contribution >= 0.6 is 0 Å². The Bertz CT molecular complexity index is 777. The Morgan fingerprint density at radius 2 is 1.56 bits per heavy atom. The van der Waals surface area contributed by atoms with E-state index in [9.17, 15) is 4.79 Å². The molecule has 1 saturated heterocycles. The fourth-order valence-electron chi connectivity index (χ4n) is 4.83. The number of nitrogens with zero attached hydrogens (tertiary/aromatic N) is 1. The standard InChI is InChI=1S/C21H22N2O2/c22-9-17-18-10-23(11-19(17)18)21(24)25-12-20-15-7-3-1-5-13(15)14-6-2-4-8-16(14)20/h1-8,17-20H,9-12,22H2. The van der Waals surface area contributed by atoms with Crippen LogP contribution in [0.15, 0.2) is 48.5 Å². The van der Waals surface area contributed by atoms with E-state index < -0.39 is 0 Å². The van der Waals surface area contributed by atoms with Gasteiger partial charge in [-0.25, -0.2) is 4.79 Å². The smallest absolute Gasteiger partial charge is 0.409 e. The molecule has 0 aromatic heterocycles. The molecule has 1 aliphatic heterocycles. The van der Waals surface area contributed by atoms with E-state index in [1.54, 1.807) is 0 Å². The van der Waals surface area contributed by atoms with Crippen molar-refractivity contribution < 1.29 is 9.53 Å². The minimum absolute atomic E-state index is 0.130. The van der Waals surface area contributed by atoms with Crippen LogP contribution in [0.5, 0.6) is 0 Å². The number of likely N-dealkylation sites (tertiary alicyclic amines) is 1. The number of piperidine rings is 1. The van der Waals surface area contributed by atoms with Crippen molar-refractivity contribution in [3.05, 3.63) is 59.7 Å². The Morgan fingerprint density at radius 3 is 2.12 bits per heavy atom. The van der Waals surface area contributed by atoms with Gasteiger partial charge in [0.25, 0.3) is 0 Å². The normalized spacial score (nSPS) is 26.1. The van der Waals surface area contributed by atoms with Gasteiger partial charge in [-0.3, -0.25) is 0 Å². The lowest BCUT2D eigenvalue weighted by Gasteiger charge is -2.21. The fourth-order valence-corrected chi connectivity index (χ4v) is 4.83. The Balaban J connectivity index is 1.30. The summed E-state index contributed by atoms with van der Waals surface area (Å²) in [7, 11) is 0. The molecular weight excluding hydrogens is 312 g/mol. The summed E-state index contributed by atoms with van der Waals surface area (Å²) in [4.78, 5) is 14.3. The van der Waals surface area contributed by atoms with Crippen LogP contribution < -0.4 is 5.73 Å². The van der Waals surface area contributed by atoms with Gasteiger partial charge in [-0.2, -0.15) is 0 Å². The number of rotatable bonds is 3. The maximum atomic E-state index is 12.5. The molecule has 3 aliphatic rings. The first-order valence-corrected chi connectivity index (χ1v) is 9.08. The molecule has 1 saturated carbocycles. The van der Waals surface area contributed by atoms with Crippen molar-refractivity contribution in [2.24, 2.45) is 23.5 Å². The first-order chi connectivity index (χ1) is 12.3. The van der Waals surface area contributed by atoms with Crippen molar-refractivity contribution in [1.29, 1.82) is 0 Å². The molecule has 4 nitrogen and oxygen atoms in total. The molecule has 1 amide bonds. The van der Waals surface area contributed by atoms with Crippen LogP contribution in [-0.2, 0) is 4.74 Å². The maximum absolute atomic E-state index is 12.5. The molecular formula is C21H22N2O2. The van der Waals surface area contributed by atoms with E-state index in [1.807, 2.05) is 4.90 Å². The van der Waals surface area contributed by atoms with E-state index in [1.165, 1.54) is 22.3 Å². The molecule has 25 heavy (non-hydrogen) atoms. The molecule has 128 valence electrons. The summed E-state index contributed by atoms with van der Waals surface area (Å²) in [5.74, 6) is 1.96. The fraction of sp³-hybridized carbons (Fsp3) is 0.381. The van der Waals surface area contributed by atoms with E-state index in [2.05, 4.69) is 48.5 Å². The number of amides is 1. The highest BCUT2D eigenvalue weighted by Gasteiger charge is 2.56.